The molecule has 19 heavy (non-hydrogen) atoms. The second-order valence-corrected chi connectivity index (χ2v) is 3.79. The predicted molar refractivity (Wildman–Crippen MR) is 66.5 cm³/mol. The number of urea groups is 1. The van der Waals surface area contributed by atoms with Gasteiger partial charge in [0.05, 0.1) is 12.2 Å². The molecule has 2 rings (SSSR count). The van der Waals surface area contributed by atoms with Gasteiger partial charge in [0.25, 0.3) is 0 Å². The number of hydrogen-bond acceptors (Lipinski definition) is 2. The Morgan fingerprint density at radius 1 is 1.16 bits per heavy atom. The number of carbonyl (C=O) groups excluding carboxylic acids is 1. The number of hydrogen-bond donors (Lipinski definition) is 2. The average Bonchev–Trinajstić information content (AvgIpc) is 2.36. The van der Waals surface area contributed by atoms with Crippen molar-refractivity contribution in [3.63, 3.8) is 0 Å². The fourth-order valence-electron chi connectivity index (χ4n) is 1.47. The Morgan fingerprint density at radius 2 is 1.89 bits per heavy atom. The highest BCUT2D eigenvalue weighted by Gasteiger charge is 2.05. The maximum Gasteiger partial charge on any atom is 0.319 e. The minimum Gasteiger partial charge on any atom is -0.332 e. The molecule has 2 amide bonds. The van der Waals surface area contributed by atoms with E-state index in [1.807, 2.05) is 0 Å². The van der Waals surface area contributed by atoms with Crippen LogP contribution in [0.15, 0.2) is 42.6 Å². The van der Waals surface area contributed by atoms with Crippen LogP contribution in [0.25, 0.3) is 0 Å². The van der Waals surface area contributed by atoms with Crippen LogP contribution >= 0.6 is 0 Å². The monoisotopic (exact) mass is 263 g/mol. The molecule has 0 aliphatic rings. The van der Waals surface area contributed by atoms with E-state index in [0.717, 1.165) is 18.2 Å². The number of nitrogens with zero attached hydrogens (tertiary/aromatic N) is 1. The molecule has 0 aliphatic carbocycles. The van der Waals surface area contributed by atoms with Gasteiger partial charge in [0.1, 0.15) is 11.6 Å². The van der Waals surface area contributed by atoms with Crippen LogP contribution in [0, 0.1) is 11.6 Å². The molecule has 0 saturated heterocycles. The summed E-state index contributed by atoms with van der Waals surface area (Å²) in [5.41, 5.74) is 0.735. The number of rotatable bonds is 3. The van der Waals surface area contributed by atoms with Crippen LogP contribution in [-0.2, 0) is 6.54 Å². The molecule has 0 radical (unpaired) electrons. The fourth-order valence-corrected chi connectivity index (χ4v) is 1.47. The standard InChI is InChI=1S/C13H11F2N3O/c14-9-5-10(15)7-12(6-9)18-13(19)17-8-11-3-1-2-4-16-11/h1-7H,8H2,(H2,17,18,19). The van der Waals surface area contributed by atoms with Crippen LogP contribution in [0.1, 0.15) is 5.69 Å². The first kappa shape index (κ1) is 12.9. The molecule has 0 bridgehead atoms. The van der Waals surface area contributed by atoms with Gasteiger partial charge < -0.3 is 10.6 Å². The maximum absolute atomic E-state index is 12.9. The van der Waals surface area contributed by atoms with Gasteiger partial charge in [-0.1, -0.05) is 6.07 Å². The van der Waals surface area contributed by atoms with Crippen molar-refractivity contribution >= 4 is 11.7 Å². The van der Waals surface area contributed by atoms with Gasteiger partial charge in [-0.05, 0) is 24.3 Å². The molecule has 6 heteroatoms. The molecule has 0 saturated carbocycles. The van der Waals surface area contributed by atoms with Gasteiger partial charge in [-0.2, -0.15) is 0 Å². The number of nitrogens with one attached hydrogen (secondary N) is 2. The SMILES string of the molecule is O=C(NCc1ccccn1)Nc1cc(F)cc(F)c1. The molecular weight excluding hydrogens is 252 g/mol. The summed E-state index contributed by atoms with van der Waals surface area (Å²) in [5.74, 6) is -1.50. The molecule has 98 valence electrons. The molecule has 0 atom stereocenters. The summed E-state index contributed by atoms with van der Waals surface area (Å²) in [6, 6.07) is 7.55. The van der Waals surface area contributed by atoms with Crippen molar-refractivity contribution in [1.82, 2.24) is 10.3 Å². The Kier molecular flexibility index (Phi) is 4.02. The Morgan fingerprint density at radius 3 is 2.53 bits per heavy atom. The normalized spacial score (nSPS) is 10.0. The van der Waals surface area contributed by atoms with Gasteiger partial charge in [-0.3, -0.25) is 4.98 Å². The van der Waals surface area contributed by atoms with E-state index in [1.54, 1.807) is 24.4 Å². The van der Waals surface area contributed by atoms with E-state index in [0.29, 0.717) is 5.69 Å². The van der Waals surface area contributed by atoms with Crippen molar-refractivity contribution < 1.29 is 13.6 Å². The van der Waals surface area contributed by atoms with Crippen LogP contribution < -0.4 is 10.6 Å². The number of carbonyl (C=O) groups is 1. The van der Waals surface area contributed by atoms with Crippen LogP contribution in [0.4, 0.5) is 19.3 Å². The molecule has 1 heterocycles. The van der Waals surface area contributed by atoms with Gasteiger partial charge >= 0.3 is 6.03 Å². The smallest absolute Gasteiger partial charge is 0.319 e. The molecular formula is C13H11F2N3O. The highest BCUT2D eigenvalue weighted by atomic mass is 19.1. The van der Waals surface area contributed by atoms with Gasteiger partial charge in [0, 0.05) is 18.0 Å². The number of aromatic nitrogens is 1. The van der Waals surface area contributed by atoms with Gasteiger partial charge in [-0.25, -0.2) is 13.6 Å². The summed E-state index contributed by atoms with van der Waals surface area (Å²) in [5, 5.41) is 4.86. The fraction of sp³-hybridized carbons (Fsp3) is 0.0769. The van der Waals surface area contributed by atoms with Crippen molar-refractivity contribution in [3.8, 4) is 0 Å². The van der Waals surface area contributed by atoms with Gasteiger partial charge in [0.15, 0.2) is 0 Å². The molecule has 2 N–H and O–H groups in total. The first-order valence-electron chi connectivity index (χ1n) is 5.54. The summed E-state index contributed by atoms with van der Waals surface area (Å²) < 4.78 is 25.8. The summed E-state index contributed by atoms with van der Waals surface area (Å²) >= 11 is 0. The van der Waals surface area contributed by atoms with E-state index in [-0.39, 0.29) is 12.2 Å². The summed E-state index contributed by atoms with van der Waals surface area (Å²) in [6.45, 7) is 0.227. The van der Waals surface area contributed by atoms with E-state index in [1.165, 1.54) is 0 Å². The van der Waals surface area contributed by atoms with Crippen LogP contribution in [0.2, 0.25) is 0 Å². The topological polar surface area (TPSA) is 54.0 Å². The first-order chi connectivity index (χ1) is 9.13. The van der Waals surface area contributed by atoms with Crippen molar-refractivity contribution in [2.24, 2.45) is 0 Å². The third-order valence-electron chi connectivity index (χ3n) is 2.28. The highest BCUT2D eigenvalue weighted by Crippen LogP contribution is 2.12. The number of halogens is 2. The number of amides is 2. The second-order valence-electron chi connectivity index (χ2n) is 3.79. The Balaban J connectivity index is 1.91. The van der Waals surface area contributed by atoms with Crippen LogP contribution in [-0.4, -0.2) is 11.0 Å². The van der Waals surface area contributed by atoms with Crippen LogP contribution in [0.5, 0.6) is 0 Å². The van der Waals surface area contributed by atoms with E-state index in [4.69, 9.17) is 0 Å². The Bertz CT molecular complexity index is 555. The third kappa shape index (κ3) is 4.02. The lowest BCUT2D eigenvalue weighted by atomic mass is 10.3. The number of pyridine rings is 1. The second kappa shape index (κ2) is 5.90. The van der Waals surface area contributed by atoms with Crippen molar-refractivity contribution in [3.05, 3.63) is 59.9 Å². The zero-order valence-corrected chi connectivity index (χ0v) is 9.86. The lowest BCUT2D eigenvalue weighted by Crippen LogP contribution is -2.28. The van der Waals surface area contributed by atoms with E-state index >= 15 is 0 Å². The predicted octanol–water partition coefficient (Wildman–Crippen LogP) is 2.68. The average molecular weight is 263 g/mol. The zero-order chi connectivity index (χ0) is 13.7. The van der Waals surface area contributed by atoms with Crippen molar-refractivity contribution in [2.75, 3.05) is 5.32 Å². The quantitative estimate of drug-likeness (QED) is 0.894. The largest absolute Gasteiger partial charge is 0.332 e. The third-order valence-corrected chi connectivity index (χ3v) is 2.28. The highest BCUT2D eigenvalue weighted by molar-refractivity contribution is 5.89. The lowest BCUT2D eigenvalue weighted by molar-refractivity contribution is 0.251. The van der Waals surface area contributed by atoms with E-state index in [9.17, 15) is 13.6 Å². The minimum absolute atomic E-state index is 0.0519. The molecule has 0 fully saturated rings. The lowest BCUT2D eigenvalue weighted by Gasteiger charge is -2.07. The molecule has 4 nitrogen and oxygen atoms in total. The molecule has 1 aromatic heterocycles. The minimum atomic E-state index is -0.750. The molecule has 0 spiro atoms. The molecule has 1 aromatic carbocycles. The first-order valence-corrected chi connectivity index (χ1v) is 5.54. The maximum atomic E-state index is 12.9. The van der Waals surface area contributed by atoms with Gasteiger partial charge in [0.2, 0.25) is 0 Å². The molecule has 0 unspecified atom stereocenters. The van der Waals surface area contributed by atoms with E-state index in [2.05, 4.69) is 15.6 Å². The Labute approximate surface area is 108 Å². The molecule has 0 aliphatic heterocycles. The zero-order valence-electron chi connectivity index (χ0n) is 9.86. The van der Waals surface area contributed by atoms with Crippen LogP contribution in [0.3, 0.4) is 0 Å². The summed E-state index contributed by atoms with van der Waals surface area (Å²) in [7, 11) is 0. The van der Waals surface area contributed by atoms with Gasteiger partial charge in [-0.15, -0.1) is 0 Å². The summed E-state index contributed by atoms with van der Waals surface area (Å²) in [4.78, 5) is 15.5. The number of anilines is 1. The van der Waals surface area contributed by atoms with Crippen molar-refractivity contribution in [1.29, 1.82) is 0 Å². The number of benzene rings is 1. The molecule has 2 aromatic rings. The van der Waals surface area contributed by atoms with E-state index < -0.39 is 17.7 Å². The Hall–Kier alpha value is -2.50. The summed E-state index contributed by atoms with van der Waals surface area (Å²) in [6.07, 6.45) is 1.61. The van der Waals surface area contributed by atoms with Crippen molar-refractivity contribution in [2.45, 2.75) is 6.54 Å².